The summed E-state index contributed by atoms with van der Waals surface area (Å²) in [6.07, 6.45) is 4.14. The predicted octanol–water partition coefficient (Wildman–Crippen LogP) is 4.84. The van der Waals surface area contributed by atoms with Crippen molar-refractivity contribution in [2.24, 2.45) is 0 Å². The first kappa shape index (κ1) is 25.0. The van der Waals surface area contributed by atoms with E-state index in [0.717, 1.165) is 41.3 Å². The fourth-order valence-electron chi connectivity index (χ4n) is 4.21. The molecule has 4 rings (SSSR count). The molecule has 8 heteroatoms. The minimum absolute atomic E-state index is 0.172. The summed E-state index contributed by atoms with van der Waals surface area (Å²) < 4.78 is 20.9. The number of pyridine rings is 1. The van der Waals surface area contributed by atoms with Crippen LogP contribution in [-0.4, -0.2) is 55.3 Å². The van der Waals surface area contributed by atoms with Crippen LogP contribution in [-0.2, 0) is 13.0 Å². The van der Waals surface area contributed by atoms with Crippen LogP contribution in [0.5, 0.6) is 5.75 Å². The van der Waals surface area contributed by atoms with Crippen LogP contribution in [0.25, 0.3) is 11.1 Å². The Morgan fingerprint density at radius 3 is 2.71 bits per heavy atom. The first-order valence-corrected chi connectivity index (χ1v) is 13.0. The van der Waals surface area contributed by atoms with Crippen molar-refractivity contribution in [3.05, 3.63) is 71.2 Å². The Kier molecular flexibility index (Phi) is 8.25. The number of benzene rings is 2. The van der Waals surface area contributed by atoms with Gasteiger partial charge in [0.25, 0.3) is 5.91 Å². The Morgan fingerprint density at radius 1 is 1.17 bits per heavy atom. The molecule has 0 radical (unpaired) electrons. The molecular formula is C27H31FN4O2S. The van der Waals surface area contributed by atoms with Gasteiger partial charge in [0.15, 0.2) is 0 Å². The number of ether oxygens (including phenoxy) is 1. The van der Waals surface area contributed by atoms with E-state index >= 15 is 0 Å². The van der Waals surface area contributed by atoms with E-state index in [1.54, 1.807) is 17.0 Å². The number of anilines is 1. The number of carbonyl (C=O) groups is 1. The SMILES string of the molecule is CCc1c(C(=O)N2CCOc3ccc(-c4ccc(NCCNC)nc4)cc3C2)ccc(SC)c1F. The van der Waals surface area contributed by atoms with Crippen molar-refractivity contribution >= 4 is 23.5 Å². The molecule has 35 heavy (non-hydrogen) atoms. The van der Waals surface area contributed by atoms with Gasteiger partial charge in [0.1, 0.15) is 24.0 Å². The highest BCUT2D eigenvalue weighted by Gasteiger charge is 2.25. The largest absolute Gasteiger partial charge is 0.491 e. The molecule has 6 nitrogen and oxygen atoms in total. The molecule has 0 unspecified atom stereocenters. The molecule has 0 saturated carbocycles. The fourth-order valence-corrected chi connectivity index (χ4v) is 4.71. The van der Waals surface area contributed by atoms with Crippen molar-refractivity contribution in [3.8, 4) is 16.9 Å². The molecule has 1 aliphatic rings. The van der Waals surface area contributed by atoms with Gasteiger partial charge in [-0.15, -0.1) is 11.8 Å². The van der Waals surface area contributed by atoms with E-state index in [9.17, 15) is 9.18 Å². The number of nitrogens with one attached hydrogen (secondary N) is 2. The van der Waals surface area contributed by atoms with Crippen molar-refractivity contribution in [2.45, 2.75) is 24.8 Å². The molecule has 2 aromatic carbocycles. The third-order valence-electron chi connectivity index (χ3n) is 6.12. The van der Waals surface area contributed by atoms with Crippen LogP contribution in [0.3, 0.4) is 0 Å². The molecule has 0 atom stereocenters. The van der Waals surface area contributed by atoms with Crippen LogP contribution in [0.4, 0.5) is 10.2 Å². The Morgan fingerprint density at radius 2 is 2.00 bits per heavy atom. The summed E-state index contributed by atoms with van der Waals surface area (Å²) in [5.41, 5.74) is 3.80. The summed E-state index contributed by atoms with van der Waals surface area (Å²) >= 11 is 1.35. The minimum Gasteiger partial charge on any atom is -0.491 e. The third-order valence-corrected chi connectivity index (χ3v) is 6.87. The van der Waals surface area contributed by atoms with E-state index in [1.807, 2.05) is 56.8 Å². The topological polar surface area (TPSA) is 66.5 Å². The number of carbonyl (C=O) groups excluding carboxylic acids is 1. The molecular weight excluding hydrogens is 463 g/mol. The van der Waals surface area contributed by atoms with Crippen LogP contribution in [0.15, 0.2) is 53.6 Å². The van der Waals surface area contributed by atoms with Crippen molar-refractivity contribution in [3.63, 3.8) is 0 Å². The second-order valence-corrected chi connectivity index (χ2v) is 9.17. The molecule has 1 amide bonds. The van der Waals surface area contributed by atoms with Gasteiger partial charge in [-0.2, -0.15) is 0 Å². The molecule has 0 fully saturated rings. The normalized spacial score (nSPS) is 13.1. The molecule has 1 aliphatic heterocycles. The van der Waals surface area contributed by atoms with Gasteiger partial charge < -0.3 is 20.3 Å². The van der Waals surface area contributed by atoms with Crippen LogP contribution in [0, 0.1) is 5.82 Å². The second-order valence-electron chi connectivity index (χ2n) is 8.32. The summed E-state index contributed by atoms with van der Waals surface area (Å²) in [7, 11) is 1.91. The van der Waals surface area contributed by atoms with E-state index in [0.29, 0.717) is 42.1 Å². The van der Waals surface area contributed by atoms with Crippen molar-refractivity contribution in [1.29, 1.82) is 0 Å². The van der Waals surface area contributed by atoms with E-state index in [-0.39, 0.29) is 11.7 Å². The van der Waals surface area contributed by atoms with Crippen molar-refractivity contribution in [1.82, 2.24) is 15.2 Å². The number of hydrogen-bond acceptors (Lipinski definition) is 6. The predicted molar refractivity (Wildman–Crippen MR) is 140 cm³/mol. The van der Waals surface area contributed by atoms with Gasteiger partial charge >= 0.3 is 0 Å². The van der Waals surface area contributed by atoms with Gasteiger partial charge in [0.2, 0.25) is 0 Å². The maximum Gasteiger partial charge on any atom is 0.254 e. The molecule has 0 bridgehead atoms. The monoisotopic (exact) mass is 494 g/mol. The number of rotatable bonds is 8. The zero-order valence-electron chi connectivity index (χ0n) is 20.4. The lowest BCUT2D eigenvalue weighted by molar-refractivity contribution is 0.0731. The molecule has 2 N–H and O–H groups in total. The Bertz CT molecular complexity index is 1190. The van der Waals surface area contributed by atoms with Gasteiger partial charge in [-0.1, -0.05) is 13.0 Å². The molecule has 1 aromatic heterocycles. The molecule has 2 heterocycles. The summed E-state index contributed by atoms with van der Waals surface area (Å²) in [4.78, 5) is 20.3. The highest BCUT2D eigenvalue weighted by molar-refractivity contribution is 7.98. The maximum atomic E-state index is 14.9. The molecule has 0 aliphatic carbocycles. The van der Waals surface area contributed by atoms with Crippen LogP contribution >= 0.6 is 11.8 Å². The number of halogens is 1. The van der Waals surface area contributed by atoms with Crippen LogP contribution in [0.1, 0.15) is 28.4 Å². The number of likely N-dealkylation sites (N-methyl/N-ethyl adjacent to an activating group) is 1. The van der Waals surface area contributed by atoms with E-state index < -0.39 is 0 Å². The lowest BCUT2D eigenvalue weighted by Gasteiger charge is -2.22. The molecule has 0 spiro atoms. The number of hydrogen-bond donors (Lipinski definition) is 2. The average molecular weight is 495 g/mol. The Balaban J connectivity index is 1.56. The summed E-state index contributed by atoms with van der Waals surface area (Å²) in [5, 5.41) is 6.37. The second kappa shape index (κ2) is 11.6. The Labute approximate surface area is 210 Å². The quantitative estimate of drug-likeness (QED) is 0.345. The standard InChI is InChI=1S/C27H31FN4O2S/c1-4-21-22(7-9-24(35-3)26(21)28)27(33)32-13-14-34-23-8-5-18(15-20(23)17-32)19-6-10-25(31-16-19)30-12-11-29-2/h5-10,15-16,29H,4,11-14,17H2,1-3H3,(H,30,31). The fraction of sp³-hybridized carbons (Fsp3) is 0.333. The first-order chi connectivity index (χ1) is 17.0. The number of nitrogens with zero attached hydrogens (tertiary/aromatic N) is 2. The summed E-state index contributed by atoms with van der Waals surface area (Å²) in [5.74, 6) is 1.12. The maximum absolute atomic E-state index is 14.9. The smallest absolute Gasteiger partial charge is 0.254 e. The summed E-state index contributed by atoms with van der Waals surface area (Å²) in [6, 6.07) is 13.4. The lowest BCUT2D eigenvalue weighted by atomic mass is 10.0. The van der Waals surface area contributed by atoms with Gasteiger partial charge in [-0.25, -0.2) is 9.37 Å². The van der Waals surface area contributed by atoms with Crippen LogP contribution in [0.2, 0.25) is 0 Å². The first-order valence-electron chi connectivity index (χ1n) is 11.8. The van der Waals surface area contributed by atoms with Gasteiger partial charge in [0.05, 0.1) is 6.54 Å². The van der Waals surface area contributed by atoms with Crippen molar-refractivity contribution in [2.75, 3.05) is 44.9 Å². The number of amides is 1. The minimum atomic E-state index is -0.295. The number of fused-ring (bicyclic) bond motifs is 1. The van der Waals surface area contributed by atoms with Gasteiger partial charge in [0, 0.05) is 53.0 Å². The van der Waals surface area contributed by atoms with E-state index in [2.05, 4.69) is 15.6 Å². The zero-order chi connectivity index (χ0) is 24.8. The van der Waals surface area contributed by atoms with Gasteiger partial charge in [-0.05, 0) is 61.7 Å². The third kappa shape index (κ3) is 5.60. The molecule has 3 aromatic rings. The van der Waals surface area contributed by atoms with Gasteiger partial charge in [-0.3, -0.25) is 4.79 Å². The molecule has 0 saturated heterocycles. The highest BCUT2D eigenvalue weighted by Crippen LogP contribution is 2.31. The lowest BCUT2D eigenvalue weighted by Crippen LogP contribution is -2.33. The van der Waals surface area contributed by atoms with E-state index in [1.165, 1.54) is 11.8 Å². The molecule has 184 valence electrons. The average Bonchev–Trinajstić information content (AvgIpc) is 3.10. The van der Waals surface area contributed by atoms with E-state index in [4.69, 9.17) is 4.74 Å². The Hall–Kier alpha value is -3.10. The van der Waals surface area contributed by atoms with Crippen molar-refractivity contribution < 1.29 is 13.9 Å². The number of aromatic nitrogens is 1. The van der Waals surface area contributed by atoms with Crippen LogP contribution < -0.4 is 15.4 Å². The summed E-state index contributed by atoms with van der Waals surface area (Å²) in [6.45, 7) is 4.76. The highest BCUT2D eigenvalue weighted by atomic mass is 32.2. The number of thioether (sulfide) groups is 1. The zero-order valence-corrected chi connectivity index (χ0v) is 21.2.